The van der Waals surface area contributed by atoms with Crippen molar-refractivity contribution < 1.29 is 14.3 Å². The second kappa shape index (κ2) is 7.08. The Bertz CT molecular complexity index is 236. The van der Waals surface area contributed by atoms with Gasteiger partial charge in [0.15, 0.2) is 0 Å². The van der Waals surface area contributed by atoms with Crippen LogP contribution < -0.4 is 11.1 Å². The Hall–Kier alpha value is -1.36. The van der Waals surface area contributed by atoms with Crippen LogP contribution in [0.5, 0.6) is 0 Å². The summed E-state index contributed by atoms with van der Waals surface area (Å²) in [5.41, 5.74) is 5.48. The summed E-state index contributed by atoms with van der Waals surface area (Å²) in [5, 5.41) is 2.94. The minimum Gasteiger partial charge on any atom is -0.466 e. The highest BCUT2D eigenvalue weighted by molar-refractivity contribution is 5.87. The lowest BCUT2D eigenvalue weighted by atomic mass is 10.3. The van der Waals surface area contributed by atoms with Crippen molar-refractivity contribution in [3.05, 3.63) is 11.6 Å². The molecule has 0 saturated heterocycles. The number of esters is 1. The molecule has 0 radical (unpaired) electrons. The molecule has 3 N–H and O–H groups in total. The summed E-state index contributed by atoms with van der Waals surface area (Å²) in [5.74, 6) is -0.687. The van der Waals surface area contributed by atoms with Crippen LogP contribution in [0.3, 0.4) is 0 Å². The van der Waals surface area contributed by atoms with Crippen LogP contribution in [0, 0.1) is 0 Å². The number of hydrogen-bond donors (Lipinski definition) is 2. The molecule has 0 aromatic rings. The highest BCUT2D eigenvalue weighted by Gasteiger charge is 2.00. The van der Waals surface area contributed by atoms with E-state index in [0.717, 1.165) is 0 Å². The van der Waals surface area contributed by atoms with E-state index in [9.17, 15) is 9.59 Å². The molecular weight excluding hydrogens is 184 g/mol. The first kappa shape index (κ1) is 12.6. The van der Waals surface area contributed by atoms with E-state index >= 15 is 0 Å². The molecule has 0 bridgehead atoms. The number of carbonyl (C=O) groups excluding carboxylic acids is 2. The van der Waals surface area contributed by atoms with Crippen LogP contribution in [0.2, 0.25) is 0 Å². The van der Waals surface area contributed by atoms with Gasteiger partial charge < -0.3 is 15.8 Å². The van der Waals surface area contributed by atoms with Crippen molar-refractivity contribution in [2.75, 3.05) is 20.2 Å². The summed E-state index contributed by atoms with van der Waals surface area (Å²) in [6.45, 7) is 2.70. The van der Waals surface area contributed by atoms with Crippen molar-refractivity contribution in [1.29, 1.82) is 0 Å². The Morgan fingerprint density at radius 2 is 2.14 bits per heavy atom. The lowest BCUT2D eigenvalue weighted by Crippen LogP contribution is -2.22. The van der Waals surface area contributed by atoms with E-state index in [4.69, 9.17) is 5.73 Å². The lowest BCUT2D eigenvalue weighted by molar-refractivity contribution is -0.136. The number of primary amides is 1. The van der Waals surface area contributed by atoms with E-state index in [-0.39, 0.29) is 11.9 Å². The molecule has 0 aliphatic heterocycles. The standard InChI is InChI=1S/C9H16N2O3/c1-7(9(13)14-2)3-5-11-6-4-8(10)12/h3,11H,4-6H2,1-2H3,(H2,10,12). The SMILES string of the molecule is COC(=O)C(C)=CCNCCC(N)=O. The molecule has 0 aromatic heterocycles. The Balaban J connectivity index is 3.61. The van der Waals surface area contributed by atoms with E-state index in [2.05, 4.69) is 10.1 Å². The maximum atomic E-state index is 10.9. The van der Waals surface area contributed by atoms with Crippen molar-refractivity contribution in [3.8, 4) is 0 Å². The summed E-state index contributed by atoms with van der Waals surface area (Å²) < 4.78 is 4.50. The highest BCUT2D eigenvalue weighted by Crippen LogP contribution is 1.93. The zero-order valence-corrected chi connectivity index (χ0v) is 8.50. The first-order chi connectivity index (χ1) is 6.57. The monoisotopic (exact) mass is 200 g/mol. The molecule has 14 heavy (non-hydrogen) atoms. The number of nitrogens with one attached hydrogen (secondary N) is 1. The van der Waals surface area contributed by atoms with Crippen LogP contribution in [0.25, 0.3) is 0 Å². The van der Waals surface area contributed by atoms with Gasteiger partial charge in [0.25, 0.3) is 0 Å². The highest BCUT2D eigenvalue weighted by atomic mass is 16.5. The van der Waals surface area contributed by atoms with Gasteiger partial charge in [-0.25, -0.2) is 4.79 Å². The number of ether oxygens (including phenoxy) is 1. The van der Waals surface area contributed by atoms with Crippen molar-refractivity contribution in [1.82, 2.24) is 5.32 Å². The molecular formula is C9H16N2O3. The smallest absolute Gasteiger partial charge is 0.333 e. The van der Waals surface area contributed by atoms with E-state index in [1.165, 1.54) is 7.11 Å². The van der Waals surface area contributed by atoms with Gasteiger partial charge in [-0.15, -0.1) is 0 Å². The largest absolute Gasteiger partial charge is 0.466 e. The third-order valence-corrected chi connectivity index (χ3v) is 1.61. The molecule has 0 atom stereocenters. The van der Waals surface area contributed by atoms with Crippen LogP contribution >= 0.6 is 0 Å². The molecule has 0 aliphatic carbocycles. The third kappa shape index (κ3) is 6.19. The summed E-state index contributed by atoms with van der Waals surface area (Å²) in [6.07, 6.45) is 2.00. The van der Waals surface area contributed by atoms with E-state index in [1.807, 2.05) is 0 Å². The van der Waals surface area contributed by atoms with Crippen LogP contribution in [-0.4, -0.2) is 32.1 Å². The Morgan fingerprint density at radius 3 is 2.64 bits per heavy atom. The van der Waals surface area contributed by atoms with Gasteiger partial charge in [-0.3, -0.25) is 4.79 Å². The average Bonchev–Trinajstić information content (AvgIpc) is 2.15. The fraction of sp³-hybridized carbons (Fsp3) is 0.556. The first-order valence-electron chi connectivity index (χ1n) is 4.32. The molecule has 0 spiro atoms. The van der Waals surface area contributed by atoms with Crippen LogP contribution in [-0.2, 0) is 14.3 Å². The minimum absolute atomic E-state index is 0.297. The molecule has 5 heteroatoms. The Morgan fingerprint density at radius 1 is 1.50 bits per heavy atom. The Labute approximate surface area is 83.3 Å². The van der Waals surface area contributed by atoms with E-state index in [1.54, 1.807) is 13.0 Å². The van der Waals surface area contributed by atoms with Gasteiger partial charge in [0.2, 0.25) is 5.91 Å². The van der Waals surface area contributed by atoms with Gasteiger partial charge in [-0.1, -0.05) is 6.08 Å². The molecule has 0 heterocycles. The first-order valence-corrected chi connectivity index (χ1v) is 4.32. The lowest BCUT2D eigenvalue weighted by Gasteiger charge is -2.00. The minimum atomic E-state index is -0.346. The van der Waals surface area contributed by atoms with E-state index < -0.39 is 0 Å². The quantitative estimate of drug-likeness (QED) is 0.346. The fourth-order valence-corrected chi connectivity index (χ4v) is 0.783. The van der Waals surface area contributed by atoms with Gasteiger partial charge in [-0.2, -0.15) is 0 Å². The molecule has 0 aromatic carbocycles. The van der Waals surface area contributed by atoms with Gasteiger partial charge in [-0.05, 0) is 6.92 Å². The van der Waals surface area contributed by atoms with Crippen LogP contribution in [0.1, 0.15) is 13.3 Å². The molecule has 0 fully saturated rings. The number of rotatable bonds is 6. The van der Waals surface area contributed by atoms with Crippen molar-refractivity contribution in [2.24, 2.45) is 5.73 Å². The van der Waals surface area contributed by atoms with Crippen molar-refractivity contribution in [2.45, 2.75) is 13.3 Å². The zero-order chi connectivity index (χ0) is 11.0. The number of amides is 1. The summed E-state index contributed by atoms with van der Waals surface area (Å²) in [4.78, 5) is 21.2. The van der Waals surface area contributed by atoms with Gasteiger partial charge in [0.1, 0.15) is 0 Å². The van der Waals surface area contributed by atoms with E-state index in [0.29, 0.717) is 25.1 Å². The van der Waals surface area contributed by atoms with Crippen LogP contribution in [0.15, 0.2) is 11.6 Å². The maximum absolute atomic E-state index is 10.9. The fourth-order valence-electron chi connectivity index (χ4n) is 0.783. The molecule has 80 valence electrons. The Kier molecular flexibility index (Phi) is 6.39. The number of hydrogen-bond acceptors (Lipinski definition) is 4. The summed E-state index contributed by atoms with van der Waals surface area (Å²) >= 11 is 0. The second-order valence-electron chi connectivity index (χ2n) is 2.80. The summed E-state index contributed by atoms with van der Waals surface area (Å²) in [7, 11) is 1.33. The third-order valence-electron chi connectivity index (χ3n) is 1.61. The maximum Gasteiger partial charge on any atom is 0.333 e. The van der Waals surface area contributed by atoms with Crippen molar-refractivity contribution >= 4 is 11.9 Å². The number of nitrogens with two attached hydrogens (primary N) is 1. The average molecular weight is 200 g/mol. The molecule has 1 amide bonds. The zero-order valence-electron chi connectivity index (χ0n) is 8.50. The van der Waals surface area contributed by atoms with Crippen molar-refractivity contribution in [3.63, 3.8) is 0 Å². The molecule has 0 aliphatic rings. The second-order valence-corrected chi connectivity index (χ2v) is 2.80. The number of methoxy groups -OCH3 is 1. The molecule has 0 rings (SSSR count). The van der Waals surface area contributed by atoms with Gasteiger partial charge in [0, 0.05) is 25.1 Å². The predicted molar refractivity (Wildman–Crippen MR) is 52.5 cm³/mol. The van der Waals surface area contributed by atoms with Gasteiger partial charge >= 0.3 is 5.97 Å². The molecule has 5 nitrogen and oxygen atoms in total. The topological polar surface area (TPSA) is 81.4 Å². The predicted octanol–water partition coefficient (Wildman–Crippen LogP) is -0.429. The molecule has 0 saturated carbocycles. The van der Waals surface area contributed by atoms with Gasteiger partial charge in [0.05, 0.1) is 7.11 Å². The normalized spacial score (nSPS) is 11.1. The number of carbonyl (C=O) groups is 2. The summed E-state index contributed by atoms with van der Waals surface area (Å²) in [6, 6.07) is 0. The van der Waals surface area contributed by atoms with Crippen LogP contribution in [0.4, 0.5) is 0 Å². The molecule has 0 unspecified atom stereocenters.